The Kier molecular flexibility index (Phi) is 7.84. The number of carbonyl (C=O) groups excluding carboxylic acids is 2. The lowest BCUT2D eigenvalue weighted by atomic mass is 9.90. The van der Waals surface area contributed by atoms with E-state index in [1.54, 1.807) is 12.1 Å². The van der Waals surface area contributed by atoms with Crippen molar-refractivity contribution < 1.29 is 26.8 Å². The van der Waals surface area contributed by atoms with Crippen molar-refractivity contribution in [3.8, 4) is 11.1 Å². The first-order chi connectivity index (χ1) is 17.5. The fourth-order valence-corrected chi connectivity index (χ4v) is 5.00. The highest BCUT2D eigenvalue weighted by Crippen LogP contribution is 2.36. The van der Waals surface area contributed by atoms with Gasteiger partial charge in [-0.2, -0.15) is 0 Å². The first-order valence-corrected chi connectivity index (χ1v) is 13.6. The Morgan fingerprint density at radius 2 is 1.86 bits per heavy atom. The van der Waals surface area contributed by atoms with E-state index < -0.39 is 33.5 Å². The molecule has 1 saturated heterocycles. The van der Waals surface area contributed by atoms with Crippen LogP contribution < -0.4 is 9.62 Å². The fraction of sp³-hybridized carbons (Fsp3) is 0.280. The van der Waals surface area contributed by atoms with Crippen molar-refractivity contribution in [2.24, 2.45) is 5.92 Å². The van der Waals surface area contributed by atoms with E-state index in [1.807, 2.05) is 0 Å². The van der Waals surface area contributed by atoms with Gasteiger partial charge in [-0.15, -0.1) is 0 Å². The van der Waals surface area contributed by atoms with E-state index in [4.69, 9.17) is 11.6 Å². The lowest BCUT2D eigenvalue weighted by Crippen LogP contribution is -2.42. The van der Waals surface area contributed by atoms with Crippen LogP contribution in [0.1, 0.15) is 25.0 Å². The molecule has 2 heterocycles. The van der Waals surface area contributed by atoms with E-state index in [1.165, 1.54) is 36.7 Å². The number of para-hydroxylation sites is 1. The number of rotatable bonds is 8. The standard InChI is InChI=1S/C25H23ClF2N4O4S/c1-37(35,36)31-20-7-3-2-6-18(20)19-8-9-21(24(28)23(19)27)32-10-4-5-15(25(32)34)11-17(33)12-16-13-30-22(26)14-29-16/h2-3,6-9,13-15,31H,4-5,10-12H2,1H3/t15-/m0/s1. The smallest absolute Gasteiger partial charge is 0.230 e. The number of anilines is 2. The molecule has 1 amide bonds. The van der Waals surface area contributed by atoms with Crippen LogP contribution in [-0.2, 0) is 26.0 Å². The van der Waals surface area contributed by atoms with Crippen molar-refractivity contribution in [3.63, 3.8) is 0 Å². The third kappa shape index (κ3) is 6.28. The number of benzene rings is 2. The summed E-state index contributed by atoms with van der Waals surface area (Å²) in [5, 5.41) is 0.199. The molecule has 0 bridgehead atoms. The molecule has 0 spiro atoms. The summed E-state index contributed by atoms with van der Waals surface area (Å²) in [5.74, 6) is -3.82. The van der Waals surface area contributed by atoms with Crippen LogP contribution >= 0.6 is 11.6 Å². The summed E-state index contributed by atoms with van der Waals surface area (Å²) in [6, 6.07) is 8.62. The number of piperidine rings is 1. The van der Waals surface area contributed by atoms with Crippen molar-refractivity contribution in [2.45, 2.75) is 25.7 Å². The maximum atomic E-state index is 15.3. The number of ketones is 1. The zero-order valence-corrected chi connectivity index (χ0v) is 21.3. The minimum Gasteiger partial charge on any atom is -0.309 e. The second-order valence-electron chi connectivity index (χ2n) is 8.76. The van der Waals surface area contributed by atoms with Crippen LogP contribution in [0.15, 0.2) is 48.8 Å². The van der Waals surface area contributed by atoms with Gasteiger partial charge in [-0.05, 0) is 31.0 Å². The number of hydrogen-bond acceptors (Lipinski definition) is 6. The minimum absolute atomic E-state index is 0.0213. The molecule has 0 aliphatic carbocycles. The molecule has 3 aromatic rings. The Hall–Kier alpha value is -3.44. The predicted octanol–water partition coefficient (Wildman–Crippen LogP) is 4.39. The van der Waals surface area contributed by atoms with Gasteiger partial charge in [0.15, 0.2) is 11.6 Å². The van der Waals surface area contributed by atoms with Gasteiger partial charge in [0.05, 0.1) is 42.1 Å². The van der Waals surface area contributed by atoms with E-state index in [0.717, 1.165) is 11.2 Å². The number of nitrogens with one attached hydrogen (secondary N) is 1. The van der Waals surface area contributed by atoms with Gasteiger partial charge in [0.25, 0.3) is 0 Å². The molecule has 194 valence electrons. The molecule has 1 aliphatic heterocycles. The molecular weight excluding hydrogens is 526 g/mol. The Bertz CT molecular complexity index is 1450. The molecule has 12 heteroatoms. The number of nitrogens with zero attached hydrogens (tertiary/aromatic N) is 3. The highest BCUT2D eigenvalue weighted by atomic mass is 35.5. The molecule has 1 N–H and O–H groups in total. The monoisotopic (exact) mass is 548 g/mol. The van der Waals surface area contributed by atoms with Crippen molar-refractivity contribution in [2.75, 3.05) is 22.4 Å². The molecular formula is C25H23ClF2N4O4S. The van der Waals surface area contributed by atoms with E-state index in [2.05, 4.69) is 14.7 Å². The van der Waals surface area contributed by atoms with Gasteiger partial charge >= 0.3 is 0 Å². The highest BCUT2D eigenvalue weighted by molar-refractivity contribution is 7.92. The summed E-state index contributed by atoms with van der Waals surface area (Å²) in [6.45, 7) is 0.175. The van der Waals surface area contributed by atoms with E-state index in [0.29, 0.717) is 18.5 Å². The van der Waals surface area contributed by atoms with E-state index in [9.17, 15) is 18.0 Å². The van der Waals surface area contributed by atoms with Gasteiger partial charge < -0.3 is 4.90 Å². The van der Waals surface area contributed by atoms with Gasteiger partial charge in [-0.3, -0.25) is 19.3 Å². The number of aromatic nitrogens is 2. The molecule has 8 nitrogen and oxygen atoms in total. The van der Waals surface area contributed by atoms with Crippen LogP contribution in [0.2, 0.25) is 5.15 Å². The summed E-state index contributed by atoms with van der Waals surface area (Å²) >= 11 is 5.71. The molecule has 0 unspecified atom stereocenters. The van der Waals surface area contributed by atoms with Crippen LogP contribution in [0.4, 0.5) is 20.2 Å². The van der Waals surface area contributed by atoms with Crippen molar-refractivity contribution in [1.82, 2.24) is 9.97 Å². The molecule has 37 heavy (non-hydrogen) atoms. The highest BCUT2D eigenvalue weighted by Gasteiger charge is 2.33. The molecule has 1 atom stereocenters. The molecule has 1 fully saturated rings. The maximum Gasteiger partial charge on any atom is 0.230 e. The lowest BCUT2D eigenvalue weighted by Gasteiger charge is -2.32. The summed E-state index contributed by atoms with van der Waals surface area (Å²) in [7, 11) is -3.66. The lowest BCUT2D eigenvalue weighted by molar-refractivity contribution is -0.128. The van der Waals surface area contributed by atoms with Gasteiger partial charge in [0.2, 0.25) is 15.9 Å². The number of sulfonamides is 1. The van der Waals surface area contributed by atoms with Gasteiger partial charge in [-0.25, -0.2) is 22.2 Å². The molecule has 0 saturated carbocycles. The number of Topliss-reactive ketones (excluding diaryl/α,β-unsaturated/α-hetero) is 1. The molecule has 2 aromatic carbocycles. The second-order valence-corrected chi connectivity index (χ2v) is 10.9. The average Bonchev–Trinajstić information content (AvgIpc) is 2.83. The van der Waals surface area contributed by atoms with Gasteiger partial charge in [-0.1, -0.05) is 29.8 Å². The van der Waals surface area contributed by atoms with Crippen molar-refractivity contribution in [1.29, 1.82) is 0 Å². The first kappa shape index (κ1) is 26.6. The third-order valence-corrected chi connectivity index (χ3v) is 6.73. The molecule has 1 aliphatic rings. The van der Waals surface area contributed by atoms with Crippen molar-refractivity contribution >= 4 is 44.7 Å². The van der Waals surface area contributed by atoms with Crippen LogP contribution in [0.5, 0.6) is 0 Å². The molecule has 1 aromatic heterocycles. The summed E-state index contributed by atoms with van der Waals surface area (Å²) in [4.78, 5) is 34.8. The quantitative estimate of drug-likeness (QED) is 0.447. The maximum absolute atomic E-state index is 15.3. The van der Waals surface area contributed by atoms with E-state index >= 15 is 8.78 Å². The number of hydrogen-bond donors (Lipinski definition) is 1. The predicted molar refractivity (Wildman–Crippen MR) is 136 cm³/mol. The Morgan fingerprint density at radius 3 is 2.57 bits per heavy atom. The van der Waals surface area contributed by atoms with Crippen LogP contribution in [0.25, 0.3) is 11.1 Å². The molecule has 0 radical (unpaired) electrons. The number of carbonyl (C=O) groups is 2. The Labute approximate surface area is 217 Å². The van der Waals surface area contributed by atoms with Gasteiger partial charge in [0, 0.05) is 30.0 Å². The largest absolute Gasteiger partial charge is 0.309 e. The average molecular weight is 549 g/mol. The first-order valence-electron chi connectivity index (χ1n) is 11.4. The fourth-order valence-electron chi connectivity index (χ4n) is 4.32. The van der Waals surface area contributed by atoms with Gasteiger partial charge in [0.1, 0.15) is 10.9 Å². The van der Waals surface area contributed by atoms with E-state index in [-0.39, 0.29) is 52.8 Å². The molecule has 4 rings (SSSR count). The Balaban J connectivity index is 1.55. The zero-order valence-electron chi connectivity index (χ0n) is 19.7. The number of amides is 1. The minimum atomic E-state index is -3.66. The zero-order chi connectivity index (χ0) is 26.7. The summed E-state index contributed by atoms with van der Waals surface area (Å²) < 4.78 is 56.2. The third-order valence-electron chi connectivity index (χ3n) is 5.94. The van der Waals surface area contributed by atoms with Crippen LogP contribution in [0.3, 0.4) is 0 Å². The summed E-state index contributed by atoms with van der Waals surface area (Å²) in [5.41, 5.74) is 0.265. The SMILES string of the molecule is CS(=O)(=O)Nc1ccccc1-c1ccc(N2CCC[C@@H](CC(=O)Cc3cnc(Cl)cn3)C2=O)c(F)c1F. The van der Waals surface area contributed by atoms with Crippen molar-refractivity contribution in [3.05, 3.63) is 71.3 Å². The topological polar surface area (TPSA) is 109 Å². The second kappa shape index (κ2) is 10.9. The van der Waals surface area contributed by atoms with Crippen LogP contribution in [-0.4, -0.2) is 42.9 Å². The van der Waals surface area contributed by atoms with Crippen LogP contribution in [0, 0.1) is 17.6 Å². The Morgan fingerprint density at radius 1 is 1.11 bits per heavy atom. The number of halogens is 3. The summed E-state index contributed by atoms with van der Waals surface area (Å²) in [6.07, 6.45) is 4.54. The normalized spacial score (nSPS) is 16.1.